The van der Waals surface area contributed by atoms with Crippen molar-refractivity contribution in [2.75, 3.05) is 12.9 Å². The third kappa shape index (κ3) is 3.48. The van der Waals surface area contributed by atoms with E-state index in [9.17, 15) is 4.39 Å². The molecule has 2 aromatic rings. The maximum Gasteiger partial charge on any atom is 0.248 e. The summed E-state index contributed by atoms with van der Waals surface area (Å²) in [5.41, 5.74) is 1.75. The van der Waals surface area contributed by atoms with Crippen LogP contribution in [0.3, 0.4) is 0 Å². The van der Waals surface area contributed by atoms with Crippen LogP contribution in [0.1, 0.15) is 5.56 Å². The number of alkyl halides is 1. The van der Waals surface area contributed by atoms with Crippen molar-refractivity contribution in [1.29, 1.82) is 0 Å². The highest BCUT2D eigenvalue weighted by molar-refractivity contribution is 7.98. The van der Waals surface area contributed by atoms with Crippen molar-refractivity contribution in [3.63, 3.8) is 0 Å². The third-order valence-corrected chi connectivity index (χ3v) is 3.10. The standard InChI is InChI=1S/C13H11FN2O2S/c1-19-12-4-3-10(8-17-6-2-5-14)7-11(12)13-16-15-9-18-13/h3-4,7,9H,5,8H2,1H3. The molecule has 0 spiro atoms. The molecule has 0 saturated carbocycles. The second-order valence-electron chi connectivity index (χ2n) is 3.48. The zero-order valence-electron chi connectivity index (χ0n) is 10.2. The minimum Gasteiger partial charge on any atom is -0.442 e. The number of thioether (sulfide) groups is 1. The molecule has 1 aromatic carbocycles. The maximum atomic E-state index is 11.8. The van der Waals surface area contributed by atoms with E-state index in [0.717, 1.165) is 16.0 Å². The number of hydrogen-bond acceptors (Lipinski definition) is 5. The van der Waals surface area contributed by atoms with Gasteiger partial charge in [-0.25, -0.2) is 4.39 Å². The average Bonchev–Trinajstić information content (AvgIpc) is 2.97. The van der Waals surface area contributed by atoms with Gasteiger partial charge in [-0.15, -0.1) is 22.0 Å². The second-order valence-corrected chi connectivity index (χ2v) is 4.33. The van der Waals surface area contributed by atoms with Gasteiger partial charge in [0, 0.05) is 4.90 Å². The summed E-state index contributed by atoms with van der Waals surface area (Å²) in [6, 6.07) is 5.77. The van der Waals surface area contributed by atoms with Gasteiger partial charge in [0.05, 0.1) is 5.56 Å². The Kier molecular flexibility index (Phi) is 4.81. The lowest BCUT2D eigenvalue weighted by Gasteiger charge is -2.06. The molecule has 98 valence electrons. The molecule has 6 heteroatoms. The zero-order valence-corrected chi connectivity index (χ0v) is 11.0. The molecule has 4 nitrogen and oxygen atoms in total. The minimum absolute atomic E-state index is 0.281. The lowest BCUT2D eigenvalue weighted by molar-refractivity contribution is 0.264. The van der Waals surface area contributed by atoms with E-state index in [1.54, 1.807) is 11.8 Å². The second kappa shape index (κ2) is 6.81. The fourth-order valence-electron chi connectivity index (χ4n) is 1.50. The van der Waals surface area contributed by atoms with E-state index in [0.29, 0.717) is 5.89 Å². The summed E-state index contributed by atoms with van der Waals surface area (Å²) < 4.78 is 22.0. The van der Waals surface area contributed by atoms with E-state index in [-0.39, 0.29) is 6.61 Å². The van der Waals surface area contributed by atoms with Crippen LogP contribution in [0.5, 0.6) is 0 Å². The van der Waals surface area contributed by atoms with Crippen LogP contribution in [0.4, 0.5) is 4.39 Å². The summed E-state index contributed by atoms with van der Waals surface area (Å²) in [7, 11) is 0. The summed E-state index contributed by atoms with van der Waals surface area (Å²) in [5, 5.41) is 7.57. The molecular weight excluding hydrogens is 267 g/mol. The molecule has 0 amide bonds. The van der Waals surface area contributed by atoms with Crippen molar-refractivity contribution in [1.82, 2.24) is 10.2 Å². The van der Waals surface area contributed by atoms with E-state index in [4.69, 9.17) is 9.15 Å². The van der Waals surface area contributed by atoms with Gasteiger partial charge in [-0.1, -0.05) is 6.07 Å². The lowest BCUT2D eigenvalue weighted by atomic mass is 10.1. The zero-order chi connectivity index (χ0) is 13.5. The molecule has 0 aliphatic heterocycles. The van der Waals surface area contributed by atoms with E-state index in [2.05, 4.69) is 22.2 Å². The summed E-state index contributed by atoms with van der Waals surface area (Å²) in [4.78, 5) is 1.03. The largest absolute Gasteiger partial charge is 0.442 e. The van der Waals surface area contributed by atoms with Gasteiger partial charge < -0.3 is 9.15 Å². The van der Waals surface area contributed by atoms with Crippen LogP contribution >= 0.6 is 11.8 Å². The van der Waals surface area contributed by atoms with Crippen LogP contribution in [0.2, 0.25) is 0 Å². The highest BCUT2D eigenvalue weighted by Crippen LogP contribution is 2.29. The van der Waals surface area contributed by atoms with Crippen molar-refractivity contribution < 1.29 is 13.5 Å². The number of aromatic nitrogens is 2. The first kappa shape index (κ1) is 13.4. The van der Waals surface area contributed by atoms with E-state index in [1.807, 2.05) is 24.5 Å². The Morgan fingerprint density at radius 3 is 3.05 bits per heavy atom. The van der Waals surface area contributed by atoms with Crippen LogP contribution in [0, 0.1) is 12.0 Å². The molecule has 1 heterocycles. The highest BCUT2D eigenvalue weighted by Gasteiger charge is 2.10. The maximum absolute atomic E-state index is 11.8. The van der Waals surface area contributed by atoms with Crippen LogP contribution in [0.25, 0.3) is 11.5 Å². The Hall–Kier alpha value is -2.00. The monoisotopic (exact) mass is 278 g/mol. The Morgan fingerprint density at radius 1 is 1.47 bits per heavy atom. The smallest absolute Gasteiger partial charge is 0.248 e. The molecule has 0 saturated heterocycles. The normalized spacial score (nSPS) is 9.79. The van der Waals surface area contributed by atoms with Crippen molar-refractivity contribution in [2.45, 2.75) is 11.5 Å². The van der Waals surface area contributed by atoms with E-state index < -0.39 is 6.67 Å². The van der Waals surface area contributed by atoms with Crippen molar-refractivity contribution in [3.8, 4) is 23.5 Å². The van der Waals surface area contributed by atoms with Crippen molar-refractivity contribution >= 4 is 11.8 Å². The van der Waals surface area contributed by atoms with E-state index in [1.165, 1.54) is 6.39 Å². The predicted molar refractivity (Wildman–Crippen MR) is 70.1 cm³/mol. The fraction of sp³-hybridized carbons (Fsp3) is 0.231. The number of ether oxygens (including phenoxy) is 1. The van der Waals surface area contributed by atoms with E-state index >= 15 is 0 Å². The van der Waals surface area contributed by atoms with Crippen molar-refractivity contribution in [2.24, 2.45) is 0 Å². The molecular formula is C13H11FN2O2S. The Bertz CT molecular complexity index is 590. The quantitative estimate of drug-likeness (QED) is 0.635. The Labute approximate surface area is 114 Å². The van der Waals surface area contributed by atoms with Gasteiger partial charge in [0.25, 0.3) is 0 Å². The first-order chi connectivity index (χ1) is 9.35. The first-order valence-corrected chi connectivity index (χ1v) is 6.66. The highest BCUT2D eigenvalue weighted by atomic mass is 32.2. The first-order valence-electron chi connectivity index (χ1n) is 5.44. The lowest BCUT2D eigenvalue weighted by Crippen LogP contribution is -1.90. The Morgan fingerprint density at radius 2 is 2.37 bits per heavy atom. The third-order valence-electron chi connectivity index (χ3n) is 2.30. The molecule has 0 fully saturated rings. The molecule has 0 radical (unpaired) electrons. The van der Waals surface area contributed by atoms with Crippen LogP contribution in [0.15, 0.2) is 33.9 Å². The minimum atomic E-state index is -0.710. The summed E-state index contributed by atoms with van der Waals surface area (Å²) in [6.45, 7) is -0.429. The van der Waals surface area contributed by atoms with Crippen LogP contribution < -0.4 is 0 Å². The van der Waals surface area contributed by atoms with Crippen LogP contribution in [-0.4, -0.2) is 23.1 Å². The summed E-state index contributed by atoms with van der Waals surface area (Å²) in [5.74, 6) is 2.66. The number of nitrogens with zero attached hydrogens (tertiary/aromatic N) is 2. The molecule has 19 heavy (non-hydrogen) atoms. The SMILES string of the molecule is CSc1ccc(COC#CCF)cc1-c1nnco1. The number of rotatable bonds is 4. The van der Waals surface area contributed by atoms with Gasteiger partial charge in [-0.05, 0) is 29.9 Å². The summed E-state index contributed by atoms with van der Waals surface area (Å²) in [6.07, 6.45) is 5.54. The Balaban J connectivity index is 2.21. The summed E-state index contributed by atoms with van der Waals surface area (Å²) >= 11 is 1.59. The molecule has 0 bridgehead atoms. The molecule has 0 atom stereocenters. The van der Waals surface area contributed by atoms with Gasteiger partial charge in [-0.3, -0.25) is 0 Å². The number of benzene rings is 1. The van der Waals surface area contributed by atoms with Gasteiger partial charge in [0.15, 0.2) is 6.67 Å². The molecule has 0 aliphatic rings. The molecule has 0 aliphatic carbocycles. The molecule has 2 rings (SSSR count). The van der Waals surface area contributed by atoms with Crippen molar-refractivity contribution in [3.05, 3.63) is 30.2 Å². The van der Waals surface area contributed by atoms with Gasteiger partial charge in [0.1, 0.15) is 12.7 Å². The van der Waals surface area contributed by atoms with Gasteiger partial charge >= 0.3 is 0 Å². The topological polar surface area (TPSA) is 48.2 Å². The molecule has 1 aromatic heterocycles. The number of hydrogen-bond donors (Lipinski definition) is 0. The molecule has 0 unspecified atom stereocenters. The fourth-order valence-corrected chi connectivity index (χ4v) is 2.07. The molecule has 0 N–H and O–H groups in total. The predicted octanol–water partition coefficient (Wildman–Crippen LogP) is 2.91. The number of halogens is 1. The van der Waals surface area contributed by atoms with Gasteiger partial charge in [-0.2, -0.15) is 0 Å². The average molecular weight is 278 g/mol. The van der Waals surface area contributed by atoms with Crippen LogP contribution in [-0.2, 0) is 11.3 Å². The van der Waals surface area contributed by atoms with Gasteiger partial charge in [0.2, 0.25) is 12.3 Å².